The van der Waals surface area contributed by atoms with Crippen molar-refractivity contribution in [1.29, 1.82) is 0 Å². The van der Waals surface area contributed by atoms with E-state index in [1.54, 1.807) is 2.89 Å². The Bertz CT molecular complexity index is 224. The summed E-state index contributed by atoms with van der Waals surface area (Å²) in [5, 5.41) is 2.17. The Labute approximate surface area is 78.7 Å². The predicted octanol–water partition coefficient (Wildman–Crippen LogP) is 3.06. The van der Waals surface area contributed by atoms with E-state index in [1.807, 2.05) is 11.3 Å². The molecular formula is C7H11BrSSn. The van der Waals surface area contributed by atoms with Crippen LogP contribution >= 0.6 is 27.3 Å². The first-order chi connectivity index (χ1) is 4.52. The van der Waals surface area contributed by atoms with Crippen LogP contribution in [0.3, 0.4) is 0 Å². The monoisotopic (exact) mass is 326 g/mol. The Morgan fingerprint density at radius 2 is 2.00 bits per heavy atom. The van der Waals surface area contributed by atoms with E-state index in [0.717, 1.165) is 0 Å². The van der Waals surface area contributed by atoms with Crippen LogP contribution in [0.5, 0.6) is 0 Å². The van der Waals surface area contributed by atoms with Crippen molar-refractivity contribution >= 4 is 48.5 Å². The molecule has 0 atom stereocenters. The third-order valence-electron chi connectivity index (χ3n) is 1.30. The van der Waals surface area contributed by atoms with Crippen LogP contribution in [0.25, 0.3) is 0 Å². The molecule has 0 saturated carbocycles. The summed E-state index contributed by atoms with van der Waals surface area (Å²) in [6.45, 7) is 0. The molecule has 3 heteroatoms. The molecule has 56 valence electrons. The second kappa shape index (κ2) is 3.15. The SMILES string of the molecule is [CH3][Sn]([CH3])([CH3])[c]1sccc1Br. The topological polar surface area (TPSA) is 0 Å². The maximum atomic E-state index is 3.56. The Hall–Kier alpha value is 0.979. The van der Waals surface area contributed by atoms with Crippen LogP contribution in [0.4, 0.5) is 0 Å². The van der Waals surface area contributed by atoms with Crippen molar-refractivity contribution in [1.82, 2.24) is 0 Å². The molecule has 0 spiro atoms. The second-order valence-electron chi connectivity index (χ2n) is 3.35. The molecule has 1 heterocycles. The number of halogens is 1. The first-order valence-electron chi connectivity index (χ1n) is 3.25. The van der Waals surface area contributed by atoms with E-state index in [-0.39, 0.29) is 0 Å². The number of thiophene rings is 1. The van der Waals surface area contributed by atoms with Gasteiger partial charge in [0.2, 0.25) is 0 Å². The first kappa shape index (κ1) is 9.07. The zero-order chi connectivity index (χ0) is 7.78. The molecule has 0 nitrogen and oxygen atoms in total. The van der Waals surface area contributed by atoms with E-state index in [4.69, 9.17) is 0 Å². The fourth-order valence-corrected chi connectivity index (χ4v) is 12.2. The minimum absolute atomic E-state index is 1.33. The van der Waals surface area contributed by atoms with Crippen LogP contribution in [0.15, 0.2) is 15.9 Å². The van der Waals surface area contributed by atoms with Gasteiger partial charge < -0.3 is 0 Å². The maximum absolute atomic E-state index is 3.56. The van der Waals surface area contributed by atoms with Crippen molar-refractivity contribution in [3.63, 3.8) is 0 Å². The van der Waals surface area contributed by atoms with Gasteiger partial charge in [0.1, 0.15) is 0 Å². The second-order valence-corrected chi connectivity index (χ2v) is 20.4. The Morgan fingerprint density at radius 1 is 1.40 bits per heavy atom. The van der Waals surface area contributed by atoms with Gasteiger partial charge in [0.15, 0.2) is 0 Å². The molecule has 0 unspecified atom stereocenters. The molecule has 0 saturated heterocycles. The Kier molecular flexibility index (Phi) is 2.86. The molecule has 1 aromatic rings. The molecule has 10 heavy (non-hydrogen) atoms. The van der Waals surface area contributed by atoms with Crippen LogP contribution in [0.1, 0.15) is 0 Å². The average Bonchev–Trinajstić information content (AvgIpc) is 2.11. The number of rotatable bonds is 1. The van der Waals surface area contributed by atoms with Gasteiger partial charge in [-0.1, -0.05) is 0 Å². The minimum atomic E-state index is -1.74. The average molecular weight is 326 g/mol. The van der Waals surface area contributed by atoms with E-state index < -0.39 is 18.4 Å². The summed E-state index contributed by atoms with van der Waals surface area (Å²) in [6.07, 6.45) is 0. The molecular weight excluding hydrogens is 315 g/mol. The fraction of sp³-hybridized carbons (Fsp3) is 0.429. The normalized spacial score (nSPS) is 12.0. The van der Waals surface area contributed by atoms with Crippen molar-refractivity contribution in [2.45, 2.75) is 14.8 Å². The van der Waals surface area contributed by atoms with Crippen LogP contribution in [-0.4, -0.2) is 18.4 Å². The third-order valence-corrected chi connectivity index (χ3v) is 13.8. The quantitative estimate of drug-likeness (QED) is 0.696. The van der Waals surface area contributed by atoms with Gasteiger partial charge in [0, 0.05) is 0 Å². The summed E-state index contributed by atoms with van der Waals surface area (Å²) in [4.78, 5) is 7.31. The van der Waals surface area contributed by atoms with Gasteiger partial charge in [-0.15, -0.1) is 0 Å². The molecule has 0 fully saturated rings. The molecule has 0 aliphatic carbocycles. The summed E-state index contributed by atoms with van der Waals surface area (Å²) in [5.74, 6) is 0. The van der Waals surface area contributed by atoms with Crippen molar-refractivity contribution in [3.8, 4) is 0 Å². The van der Waals surface area contributed by atoms with Crippen molar-refractivity contribution in [2.75, 3.05) is 0 Å². The summed E-state index contributed by atoms with van der Waals surface area (Å²) in [5.41, 5.74) is 0. The zero-order valence-corrected chi connectivity index (χ0v) is 11.7. The third kappa shape index (κ3) is 1.98. The van der Waals surface area contributed by atoms with E-state index in [1.165, 1.54) is 4.47 Å². The van der Waals surface area contributed by atoms with E-state index in [0.29, 0.717) is 0 Å². The summed E-state index contributed by atoms with van der Waals surface area (Å²) in [7, 11) is 0. The molecule has 0 radical (unpaired) electrons. The van der Waals surface area contributed by atoms with Crippen LogP contribution in [-0.2, 0) is 0 Å². The van der Waals surface area contributed by atoms with Crippen LogP contribution in [0, 0.1) is 0 Å². The fourth-order valence-electron chi connectivity index (χ4n) is 0.829. The number of hydrogen-bond donors (Lipinski definition) is 0. The molecule has 0 aliphatic rings. The molecule has 0 amide bonds. The molecule has 1 aromatic heterocycles. The summed E-state index contributed by atoms with van der Waals surface area (Å²) < 4.78 is 2.97. The van der Waals surface area contributed by atoms with Gasteiger partial charge in [0.25, 0.3) is 0 Å². The van der Waals surface area contributed by atoms with Crippen molar-refractivity contribution in [3.05, 3.63) is 15.9 Å². The Morgan fingerprint density at radius 3 is 2.20 bits per heavy atom. The zero-order valence-electron chi connectivity index (χ0n) is 6.44. The van der Waals surface area contributed by atoms with E-state index in [2.05, 4.69) is 42.2 Å². The molecule has 0 aliphatic heterocycles. The molecule has 0 aromatic carbocycles. The predicted molar refractivity (Wildman–Crippen MR) is 55.0 cm³/mol. The van der Waals surface area contributed by atoms with Gasteiger partial charge in [0.05, 0.1) is 0 Å². The molecule has 0 bridgehead atoms. The first-order valence-corrected chi connectivity index (χ1v) is 14.9. The number of hydrogen-bond acceptors (Lipinski definition) is 1. The summed E-state index contributed by atoms with van der Waals surface area (Å²) in [6, 6.07) is 2.15. The van der Waals surface area contributed by atoms with Gasteiger partial charge >= 0.3 is 79.3 Å². The Balaban J connectivity index is 3.05. The van der Waals surface area contributed by atoms with Crippen molar-refractivity contribution < 1.29 is 0 Å². The van der Waals surface area contributed by atoms with Gasteiger partial charge in [-0.25, -0.2) is 0 Å². The van der Waals surface area contributed by atoms with Crippen molar-refractivity contribution in [2.24, 2.45) is 0 Å². The standard InChI is InChI=1S/C4H2BrS.3CH3.Sn/c5-4-1-2-6-3-4;;;;/h1-2H;3*1H3;. The molecule has 0 N–H and O–H groups in total. The molecule has 1 rings (SSSR count). The van der Waals surface area contributed by atoms with Gasteiger partial charge in [-0.05, 0) is 0 Å². The van der Waals surface area contributed by atoms with E-state index in [9.17, 15) is 0 Å². The van der Waals surface area contributed by atoms with Crippen LogP contribution < -0.4 is 2.89 Å². The van der Waals surface area contributed by atoms with Gasteiger partial charge in [-0.2, -0.15) is 0 Å². The van der Waals surface area contributed by atoms with Crippen LogP contribution in [0.2, 0.25) is 14.8 Å². The summed E-state index contributed by atoms with van der Waals surface area (Å²) >= 11 is 3.73. The van der Waals surface area contributed by atoms with Gasteiger partial charge in [-0.3, -0.25) is 0 Å². The van der Waals surface area contributed by atoms with E-state index >= 15 is 0 Å².